The summed E-state index contributed by atoms with van der Waals surface area (Å²) >= 11 is 5.79. The number of hydrogen-bond acceptors (Lipinski definition) is 3. The van der Waals surface area contributed by atoms with Crippen molar-refractivity contribution in [3.63, 3.8) is 0 Å². The molecule has 0 amide bonds. The van der Waals surface area contributed by atoms with Gasteiger partial charge in [0.05, 0.1) is 6.61 Å². The summed E-state index contributed by atoms with van der Waals surface area (Å²) in [5.41, 5.74) is 0. The predicted molar refractivity (Wildman–Crippen MR) is 73.1 cm³/mol. The number of likely N-dealkylation sites (N-methyl/N-ethyl adjacent to an activating group) is 1. The molecule has 0 aromatic heterocycles. The van der Waals surface area contributed by atoms with Gasteiger partial charge in [0.1, 0.15) is 0 Å². The third-order valence-electron chi connectivity index (χ3n) is 3.27. The van der Waals surface area contributed by atoms with Gasteiger partial charge in [-0.1, -0.05) is 0 Å². The first-order chi connectivity index (χ1) is 8.52. The summed E-state index contributed by atoms with van der Waals surface area (Å²) in [6.45, 7) is 4.47. The topological polar surface area (TPSA) is 49.9 Å². The molecule has 5 nitrogen and oxygen atoms in total. The lowest BCUT2D eigenvalue weighted by atomic mass is 10.0. The molecule has 0 bridgehead atoms. The van der Waals surface area contributed by atoms with E-state index in [-0.39, 0.29) is 0 Å². The highest BCUT2D eigenvalue weighted by Gasteiger charge is 2.30. The minimum atomic E-state index is -3.33. The second-order valence-electron chi connectivity index (χ2n) is 4.52. The molecule has 0 aliphatic carbocycles. The SMILES string of the molecule is CCOCCN(C)S(=O)(=O)N1CCC(CCl)CC1. The largest absolute Gasteiger partial charge is 0.380 e. The summed E-state index contributed by atoms with van der Waals surface area (Å²) in [4.78, 5) is 0. The van der Waals surface area contributed by atoms with Crippen LogP contribution in [0.1, 0.15) is 19.8 Å². The smallest absolute Gasteiger partial charge is 0.281 e. The molecule has 0 N–H and O–H groups in total. The molecule has 1 aliphatic rings. The van der Waals surface area contributed by atoms with E-state index >= 15 is 0 Å². The molecule has 0 atom stereocenters. The Bertz CT molecular complexity index is 329. The van der Waals surface area contributed by atoms with Crippen molar-refractivity contribution >= 4 is 21.8 Å². The number of piperidine rings is 1. The first-order valence-corrected chi connectivity index (χ1v) is 8.30. The fourth-order valence-electron chi connectivity index (χ4n) is 1.94. The van der Waals surface area contributed by atoms with Gasteiger partial charge < -0.3 is 4.74 Å². The van der Waals surface area contributed by atoms with E-state index in [2.05, 4.69) is 0 Å². The number of ether oxygens (including phenoxy) is 1. The van der Waals surface area contributed by atoms with E-state index < -0.39 is 10.2 Å². The lowest BCUT2D eigenvalue weighted by molar-refractivity contribution is 0.136. The van der Waals surface area contributed by atoms with Crippen molar-refractivity contribution in [3.05, 3.63) is 0 Å². The summed E-state index contributed by atoms with van der Waals surface area (Å²) in [6, 6.07) is 0. The van der Waals surface area contributed by atoms with Crippen molar-refractivity contribution in [2.75, 3.05) is 45.8 Å². The van der Waals surface area contributed by atoms with Gasteiger partial charge in [0.2, 0.25) is 0 Å². The number of alkyl halides is 1. The first kappa shape index (κ1) is 16.2. The normalized spacial score (nSPS) is 19.6. The van der Waals surface area contributed by atoms with Gasteiger partial charge in [0, 0.05) is 39.2 Å². The van der Waals surface area contributed by atoms with Crippen LogP contribution < -0.4 is 0 Å². The van der Waals surface area contributed by atoms with E-state index in [0.717, 1.165) is 12.8 Å². The molecule has 1 heterocycles. The van der Waals surface area contributed by atoms with E-state index in [4.69, 9.17) is 16.3 Å². The number of hydrogen-bond donors (Lipinski definition) is 0. The van der Waals surface area contributed by atoms with Gasteiger partial charge in [-0.05, 0) is 25.7 Å². The molecular weight excluding hydrogens is 276 g/mol. The lowest BCUT2D eigenvalue weighted by Crippen LogP contribution is -2.46. The minimum Gasteiger partial charge on any atom is -0.380 e. The predicted octanol–water partition coefficient (Wildman–Crippen LogP) is 1.15. The summed E-state index contributed by atoms with van der Waals surface area (Å²) in [5.74, 6) is 1.07. The Hall–Kier alpha value is 0.120. The molecule has 108 valence electrons. The molecule has 0 spiro atoms. The molecule has 18 heavy (non-hydrogen) atoms. The monoisotopic (exact) mass is 298 g/mol. The second kappa shape index (κ2) is 7.65. The van der Waals surface area contributed by atoms with Crippen molar-refractivity contribution in [1.29, 1.82) is 0 Å². The Morgan fingerprint density at radius 2 is 2.00 bits per heavy atom. The highest BCUT2D eigenvalue weighted by atomic mass is 35.5. The van der Waals surface area contributed by atoms with Crippen molar-refractivity contribution in [2.45, 2.75) is 19.8 Å². The summed E-state index contributed by atoms with van der Waals surface area (Å²) < 4.78 is 32.6. The number of nitrogens with zero attached hydrogens (tertiary/aromatic N) is 2. The van der Waals surface area contributed by atoms with Crippen molar-refractivity contribution < 1.29 is 13.2 Å². The molecule has 0 unspecified atom stereocenters. The Morgan fingerprint density at radius 1 is 1.39 bits per heavy atom. The van der Waals surface area contributed by atoms with E-state index in [1.54, 1.807) is 11.4 Å². The van der Waals surface area contributed by atoms with Crippen LogP contribution in [-0.4, -0.2) is 62.8 Å². The standard InChI is InChI=1S/C11H23ClN2O3S/c1-3-17-9-8-13(2)18(15,16)14-6-4-11(10-12)5-7-14/h11H,3-10H2,1-2H3. The van der Waals surface area contributed by atoms with Crippen LogP contribution in [0.15, 0.2) is 0 Å². The van der Waals surface area contributed by atoms with Crippen LogP contribution >= 0.6 is 11.6 Å². The quantitative estimate of drug-likeness (QED) is 0.523. The minimum absolute atomic E-state index is 0.394. The summed E-state index contributed by atoms with van der Waals surface area (Å²) in [7, 11) is -1.73. The Kier molecular flexibility index (Phi) is 6.87. The van der Waals surface area contributed by atoms with Gasteiger partial charge in [0.25, 0.3) is 10.2 Å². The zero-order chi connectivity index (χ0) is 13.6. The highest BCUT2D eigenvalue weighted by molar-refractivity contribution is 7.86. The maximum Gasteiger partial charge on any atom is 0.281 e. The number of halogens is 1. The third-order valence-corrected chi connectivity index (χ3v) is 5.69. The second-order valence-corrected chi connectivity index (χ2v) is 6.87. The molecule has 0 aromatic carbocycles. The first-order valence-electron chi connectivity index (χ1n) is 6.37. The lowest BCUT2D eigenvalue weighted by Gasteiger charge is -2.33. The van der Waals surface area contributed by atoms with Crippen LogP contribution in [0.25, 0.3) is 0 Å². The zero-order valence-electron chi connectivity index (χ0n) is 11.1. The molecule has 7 heteroatoms. The van der Waals surface area contributed by atoms with E-state index in [0.29, 0.717) is 44.6 Å². The van der Waals surface area contributed by atoms with E-state index in [9.17, 15) is 8.42 Å². The van der Waals surface area contributed by atoms with E-state index in [1.165, 1.54) is 4.31 Å². The fraction of sp³-hybridized carbons (Fsp3) is 1.00. The third kappa shape index (κ3) is 4.35. The Labute approximate surface area is 115 Å². The molecule has 1 aliphatic heterocycles. The van der Waals surface area contributed by atoms with Gasteiger partial charge in [-0.15, -0.1) is 11.6 Å². The maximum absolute atomic E-state index is 12.2. The molecule has 0 aromatic rings. The van der Waals surface area contributed by atoms with Crippen molar-refractivity contribution in [3.8, 4) is 0 Å². The average molecular weight is 299 g/mol. The molecule has 1 saturated heterocycles. The average Bonchev–Trinajstić information content (AvgIpc) is 2.39. The van der Waals surface area contributed by atoms with Gasteiger partial charge in [0.15, 0.2) is 0 Å². The van der Waals surface area contributed by atoms with Crippen LogP contribution in [0.3, 0.4) is 0 Å². The van der Waals surface area contributed by atoms with Crippen LogP contribution in [-0.2, 0) is 14.9 Å². The van der Waals surface area contributed by atoms with Gasteiger partial charge in [-0.25, -0.2) is 0 Å². The summed E-state index contributed by atoms with van der Waals surface area (Å²) in [6.07, 6.45) is 1.70. The molecule has 0 radical (unpaired) electrons. The van der Waals surface area contributed by atoms with Gasteiger partial charge in [-0.2, -0.15) is 17.0 Å². The van der Waals surface area contributed by atoms with Crippen LogP contribution in [0.4, 0.5) is 0 Å². The zero-order valence-corrected chi connectivity index (χ0v) is 12.7. The van der Waals surface area contributed by atoms with Crippen molar-refractivity contribution in [2.24, 2.45) is 5.92 Å². The number of rotatable bonds is 7. The van der Waals surface area contributed by atoms with Gasteiger partial charge in [-0.3, -0.25) is 0 Å². The molecule has 0 saturated carbocycles. The molecule has 1 rings (SSSR count). The highest BCUT2D eigenvalue weighted by Crippen LogP contribution is 2.21. The Balaban J connectivity index is 2.48. The summed E-state index contributed by atoms with van der Waals surface area (Å²) in [5, 5.41) is 0. The van der Waals surface area contributed by atoms with E-state index in [1.807, 2.05) is 6.92 Å². The maximum atomic E-state index is 12.2. The van der Waals surface area contributed by atoms with Crippen LogP contribution in [0, 0.1) is 5.92 Å². The fourth-order valence-corrected chi connectivity index (χ4v) is 3.62. The molecular formula is C11H23ClN2O3S. The Morgan fingerprint density at radius 3 is 2.50 bits per heavy atom. The van der Waals surface area contributed by atoms with Crippen molar-refractivity contribution in [1.82, 2.24) is 8.61 Å². The van der Waals surface area contributed by atoms with Gasteiger partial charge >= 0.3 is 0 Å². The molecule has 1 fully saturated rings. The van der Waals surface area contributed by atoms with Crippen LogP contribution in [0.2, 0.25) is 0 Å². The van der Waals surface area contributed by atoms with Crippen LogP contribution in [0.5, 0.6) is 0 Å².